The zero-order valence-corrected chi connectivity index (χ0v) is 58.8. The molecular weight excluding hydrogens is 1100 g/mol. The molecular formula is C79H140N2O6P+. The summed E-state index contributed by atoms with van der Waals surface area (Å²) in [4.78, 5) is 23.4. The number of unbranched alkanes of at least 4 members (excludes halogenated alkanes) is 33. The number of phosphoric ester groups is 1. The summed E-state index contributed by atoms with van der Waals surface area (Å²) >= 11 is 0. The van der Waals surface area contributed by atoms with Gasteiger partial charge >= 0.3 is 7.82 Å². The first kappa shape index (κ1) is 84.6. The van der Waals surface area contributed by atoms with Crippen LogP contribution >= 0.6 is 7.82 Å². The van der Waals surface area contributed by atoms with Gasteiger partial charge in [-0.15, -0.1) is 0 Å². The predicted octanol–water partition coefficient (Wildman–Crippen LogP) is 23.8. The summed E-state index contributed by atoms with van der Waals surface area (Å²) in [6.07, 6.45) is 103. The van der Waals surface area contributed by atoms with E-state index < -0.39 is 20.0 Å². The molecule has 3 unspecified atom stereocenters. The van der Waals surface area contributed by atoms with Crippen LogP contribution in [-0.4, -0.2) is 73.4 Å². The Hall–Kier alpha value is -3.36. The molecule has 88 heavy (non-hydrogen) atoms. The first-order valence-electron chi connectivity index (χ1n) is 36.6. The Morgan fingerprint density at radius 3 is 1.05 bits per heavy atom. The molecule has 0 radical (unpaired) electrons. The highest BCUT2D eigenvalue weighted by Gasteiger charge is 2.28. The van der Waals surface area contributed by atoms with Gasteiger partial charge in [0.15, 0.2) is 0 Å². The molecule has 0 bridgehead atoms. The van der Waals surface area contributed by atoms with Crippen molar-refractivity contribution < 1.29 is 32.9 Å². The number of nitrogens with zero attached hydrogens (tertiary/aromatic N) is 1. The first-order valence-corrected chi connectivity index (χ1v) is 38.1. The molecule has 3 atom stereocenters. The number of allylic oxidation sites excluding steroid dienone is 21. The van der Waals surface area contributed by atoms with Crippen LogP contribution in [0.2, 0.25) is 0 Å². The maximum atomic E-state index is 13.1. The van der Waals surface area contributed by atoms with E-state index in [0.717, 1.165) is 103 Å². The minimum Gasteiger partial charge on any atom is -0.387 e. The summed E-state index contributed by atoms with van der Waals surface area (Å²) in [6, 6.07) is -0.884. The molecule has 0 heterocycles. The Balaban J connectivity index is 4.17. The molecule has 0 fully saturated rings. The number of quaternary nitrogens is 1. The highest BCUT2D eigenvalue weighted by atomic mass is 31.2. The molecule has 8 nitrogen and oxygen atoms in total. The predicted molar refractivity (Wildman–Crippen MR) is 387 cm³/mol. The number of likely N-dealkylation sites (N-methyl/N-ethyl adjacent to an activating group) is 1. The second-order valence-electron chi connectivity index (χ2n) is 25.6. The van der Waals surface area contributed by atoms with Crippen molar-refractivity contribution in [1.29, 1.82) is 0 Å². The number of nitrogens with one attached hydrogen (secondary N) is 1. The molecule has 0 aromatic carbocycles. The van der Waals surface area contributed by atoms with Gasteiger partial charge in [0.25, 0.3) is 0 Å². The van der Waals surface area contributed by atoms with Crippen molar-refractivity contribution in [2.24, 2.45) is 0 Å². The normalized spacial score (nSPS) is 14.4. The molecule has 3 N–H and O–H groups in total. The fraction of sp³-hybridized carbons (Fsp3) is 0.709. The summed E-state index contributed by atoms with van der Waals surface area (Å²) in [5.41, 5.74) is 0. The van der Waals surface area contributed by atoms with E-state index >= 15 is 0 Å². The molecule has 0 aliphatic heterocycles. The molecule has 1 amide bonds. The number of amides is 1. The SMILES string of the molecule is CC/C=C\C/C=C\C/C=C\C/C=C\C/C=C\C/C=C\C/C=C\C/C=C\CCCCCCCCCCCCC(=O)NC(COP(=O)(O)OCC[N+](C)(C)C)C(O)/C=C/CC/C=C/CC/C=C/CCCCCCCCCCCCCCCCCCCCCCC. The van der Waals surface area contributed by atoms with Crippen LogP contribution in [0.15, 0.2) is 134 Å². The average Bonchev–Trinajstić information content (AvgIpc) is 3.64. The van der Waals surface area contributed by atoms with Crippen LogP contribution in [0.25, 0.3) is 0 Å². The van der Waals surface area contributed by atoms with Gasteiger partial charge in [-0.25, -0.2) is 4.57 Å². The van der Waals surface area contributed by atoms with Gasteiger partial charge in [-0.3, -0.25) is 13.8 Å². The van der Waals surface area contributed by atoms with E-state index in [1.807, 2.05) is 27.2 Å². The summed E-state index contributed by atoms with van der Waals surface area (Å²) in [7, 11) is 1.53. The standard InChI is InChI=1S/C79H139N2O6P/c1-6-8-10-12-14-16-18-20-22-24-26-28-30-32-34-36-38-39-40-41-43-45-47-49-51-53-55-57-59-61-63-65-67-69-71-73-79(83)80-77(76-87-88(84,85)86-75-74-81(3,4)5)78(82)72-70-68-66-64-62-60-58-56-54-52-50-48-46-44-42-37-35-33-31-29-27-25-23-21-19-17-15-13-11-9-7-2/h8,10,14,16,20,22,26,28,32,34,38-39,41,43,47,49,54,56,62,64,70,72,77-78,82H,6-7,9,11-13,15,17-19,21,23-25,27,29-31,33,35-37,40,42,44-46,48,50-53,55,57-61,63,65-69,71,73-76H2,1-5H3,(H-,80,83,84,85)/p+1/b10-8-,16-14-,22-20-,28-26-,34-32-,39-38-,43-41-,49-47-,56-54+,64-62+,72-70+. The van der Waals surface area contributed by atoms with Crippen LogP contribution in [0.4, 0.5) is 0 Å². The quantitative estimate of drug-likeness (QED) is 0.0243. The van der Waals surface area contributed by atoms with Crippen molar-refractivity contribution in [2.75, 3.05) is 40.9 Å². The van der Waals surface area contributed by atoms with Gasteiger partial charge in [0.2, 0.25) is 5.91 Å². The van der Waals surface area contributed by atoms with Crippen LogP contribution in [0.1, 0.15) is 309 Å². The monoisotopic (exact) mass is 1240 g/mol. The van der Waals surface area contributed by atoms with Gasteiger partial charge < -0.3 is 19.8 Å². The van der Waals surface area contributed by atoms with Crippen molar-refractivity contribution in [3.63, 3.8) is 0 Å². The highest BCUT2D eigenvalue weighted by Crippen LogP contribution is 2.43. The fourth-order valence-electron chi connectivity index (χ4n) is 10.2. The highest BCUT2D eigenvalue weighted by molar-refractivity contribution is 7.47. The second-order valence-corrected chi connectivity index (χ2v) is 27.0. The van der Waals surface area contributed by atoms with Crippen molar-refractivity contribution in [3.8, 4) is 0 Å². The lowest BCUT2D eigenvalue weighted by atomic mass is 10.0. The number of aliphatic hydroxyl groups excluding tert-OH is 1. The maximum Gasteiger partial charge on any atom is 0.472 e. The van der Waals surface area contributed by atoms with E-state index in [1.165, 1.54) is 186 Å². The van der Waals surface area contributed by atoms with Crippen molar-refractivity contribution >= 4 is 13.7 Å². The Morgan fingerprint density at radius 2 is 0.693 bits per heavy atom. The molecule has 0 aliphatic carbocycles. The molecule has 0 rings (SSSR count). The van der Waals surface area contributed by atoms with Crippen LogP contribution in [0, 0.1) is 0 Å². The second kappa shape index (κ2) is 68.0. The van der Waals surface area contributed by atoms with Gasteiger partial charge in [0.1, 0.15) is 13.2 Å². The molecule has 506 valence electrons. The molecule has 0 saturated heterocycles. The van der Waals surface area contributed by atoms with E-state index in [4.69, 9.17) is 9.05 Å². The van der Waals surface area contributed by atoms with Crippen LogP contribution in [0.3, 0.4) is 0 Å². The number of hydrogen-bond acceptors (Lipinski definition) is 5. The third-order valence-electron chi connectivity index (χ3n) is 15.8. The summed E-state index contributed by atoms with van der Waals surface area (Å²) < 4.78 is 23.8. The zero-order chi connectivity index (χ0) is 64.1. The smallest absolute Gasteiger partial charge is 0.387 e. The van der Waals surface area contributed by atoms with E-state index in [-0.39, 0.29) is 19.1 Å². The number of phosphoric acid groups is 1. The Morgan fingerprint density at radius 1 is 0.398 bits per heavy atom. The number of rotatable bonds is 66. The maximum absolute atomic E-state index is 13.1. The van der Waals surface area contributed by atoms with Gasteiger partial charge in [-0.2, -0.15) is 0 Å². The van der Waals surface area contributed by atoms with Crippen LogP contribution < -0.4 is 5.32 Å². The lowest BCUT2D eigenvalue weighted by Crippen LogP contribution is -2.45. The van der Waals surface area contributed by atoms with Crippen molar-refractivity contribution in [3.05, 3.63) is 134 Å². The lowest BCUT2D eigenvalue weighted by Gasteiger charge is -2.25. The molecule has 0 aromatic heterocycles. The zero-order valence-electron chi connectivity index (χ0n) is 57.9. The summed E-state index contributed by atoms with van der Waals surface area (Å²) in [5.74, 6) is -0.198. The van der Waals surface area contributed by atoms with E-state index in [9.17, 15) is 19.4 Å². The molecule has 0 aromatic rings. The van der Waals surface area contributed by atoms with Crippen LogP contribution in [0.5, 0.6) is 0 Å². The van der Waals surface area contributed by atoms with Gasteiger partial charge in [-0.05, 0) is 109 Å². The molecule has 0 aliphatic rings. The Kier molecular flexibility index (Phi) is 65.4. The Labute approximate surface area is 545 Å². The Bertz CT molecular complexity index is 1900. The lowest BCUT2D eigenvalue weighted by molar-refractivity contribution is -0.870. The summed E-state index contributed by atoms with van der Waals surface area (Å²) in [6.45, 7) is 4.69. The molecule has 9 heteroatoms. The third-order valence-corrected chi connectivity index (χ3v) is 16.8. The number of carbonyl (C=O) groups excluding carboxylic acids is 1. The minimum atomic E-state index is -4.38. The fourth-order valence-corrected chi connectivity index (χ4v) is 10.9. The largest absolute Gasteiger partial charge is 0.472 e. The van der Waals surface area contributed by atoms with E-state index in [1.54, 1.807) is 6.08 Å². The summed E-state index contributed by atoms with van der Waals surface area (Å²) in [5, 5.41) is 14.0. The van der Waals surface area contributed by atoms with Crippen molar-refractivity contribution in [1.82, 2.24) is 5.32 Å². The average molecular weight is 1240 g/mol. The van der Waals surface area contributed by atoms with E-state index in [2.05, 4.69) is 141 Å². The number of carbonyl (C=O) groups is 1. The van der Waals surface area contributed by atoms with Gasteiger partial charge in [-0.1, -0.05) is 327 Å². The minimum absolute atomic E-state index is 0.0465. The molecule has 0 spiro atoms. The van der Waals surface area contributed by atoms with Gasteiger partial charge in [0, 0.05) is 6.42 Å². The number of aliphatic hydroxyl groups is 1. The van der Waals surface area contributed by atoms with E-state index in [0.29, 0.717) is 17.4 Å². The third kappa shape index (κ3) is 70.1. The first-order chi connectivity index (χ1) is 43.0. The van der Waals surface area contributed by atoms with Gasteiger partial charge in [0.05, 0.1) is 39.9 Å². The topological polar surface area (TPSA) is 105 Å². The van der Waals surface area contributed by atoms with Crippen LogP contribution in [-0.2, 0) is 18.4 Å². The van der Waals surface area contributed by atoms with Crippen molar-refractivity contribution in [2.45, 2.75) is 321 Å². The number of hydrogen-bond donors (Lipinski definition) is 3. The molecule has 0 saturated carbocycles.